The average Bonchev–Trinajstić information content (AvgIpc) is 1.95. The van der Waals surface area contributed by atoms with E-state index in [1.54, 1.807) is 0 Å². The average molecular weight is 177 g/mol. The second-order valence-corrected chi connectivity index (χ2v) is 4.54. The Balaban J connectivity index is 3.00. The molecule has 0 saturated carbocycles. The maximum Gasteiger partial charge on any atom is 0.0138 e. The number of aryl methyl sites for hydroxylation is 2. The lowest BCUT2D eigenvalue weighted by Gasteiger charge is -2.21. The third kappa shape index (κ3) is 2.85. The third-order valence-corrected chi connectivity index (χ3v) is 2.28. The minimum Gasteiger partial charge on any atom is -0.325 e. The first-order valence-corrected chi connectivity index (χ1v) is 4.74. The molecular weight excluding hydrogens is 158 g/mol. The predicted octanol–water partition coefficient (Wildman–Crippen LogP) is 2.58. The molecule has 0 aliphatic rings. The van der Waals surface area contributed by atoms with Crippen molar-refractivity contribution >= 4 is 0 Å². The fourth-order valence-corrected chi connectivity index (χ4v) is 1.58. The Hall–Kier alpha value is -0.820. The molecule has 0 heterocycles. The van der Waals surface area contributed by atoms with Crippen LogP contribution in [0.25, 0.3) is 0 Å². The highest BCUT2D eigenvalue weighted by atomic mass is 14.7. The van der Waals surface area contributed by atoms with E-state index in [1.165, 1.54) is 16.7 Å². The van der Waals surface area contributed by atoms with Gasteiger partial charge in [-0.25, -0.2) is 0 Å². The number of nitrogens with two attached hydrogens (primary N) is 1. The zero-order valence-corrected chi connectivity index (χ0v) is 9.02. The van der Waals surface area contributed by atoms with Gasteiger partial charge in [0.25, 0.3) is 0 Å². The number of benzene rings is 1. The van der Waals surface area contributed by atoms with Crippen LogP contribution in [0.5, 0.6) is 0 Å². The quantitative estimate of drug-likeness (QED) is 0.738. The SMILES string of the molecule is Cc1cccc(C)c1CC(C)(C)N. The van der Waals surface area contributed by atoms with E-state index in [1.807, 2.05) is 0 Å². The molecule has 0 spiro atoms. The van der Waals surface area contributed by atoms with Gasteiger partial charge in [-0.1, -0.05) is 18.2 Å². The van der Waals surface area contributed by atoms with Gasteiger partial charge in [-0.2, -0.15) is 0 Å². The molecule has 72 valence electrons. The zero-order valence-electron chi connectivity index (χ0n) is 9.02. The van der Waals surface area contributed by atoms with Gasteiger partial charge in [0.05, 0.1) is 0 Å². The molecular formula is C12H19N. The normalized spacial score (nSPS) is 11.8. The number of rotatable bonds is 2. The third-order valence-electron chi connectivity index (χ3n) is 2.28. The summed E-state index contributed by atoms with van der Waals surface area (Å²) in [4.78, 5) is 0. The topological polar surface area (TPSA) is 26.0 Å². The van der Waals surface area contributed by atoms with Crippen LogP contribution in [0.3, 0.4) is 0 Å². The molecule has 1 aromatic carbocycles. The van der Waals surface area contributed by atoms with Crippen LogP contribution in [-0.4, -0.2) is 5.54 Å². The van der Waals surface area contributed by atoms with Crippen LogP contribution in [0.4, 0.5) is 0 Å². The Labute approximate surface area is 81.0 Å². The molecule has 1 heteroatoms. The summed E-state index contributed by atoms with van der Waals surface area (Å²) in [6, 6.07) is 6.39. The Morgan fingerprint density at radius 1 is 1.15 bits per heavy atom. The highest BCUT2D eigenvalue weighted by molar-refractivity contribution is 5.34. The van der Waals surface area contributed by atoms with E-state index >= 15 is 0 Å². The van der Waals surface area contributed by atoms with Crippen LogP contribution in [0.2, 0.25) is 0 Å². The lowest BCUT2D eigenvalue weighted by molar-refractivity contribution is 0.514. The molecule has 13 heavy (non-hydrogen) atoms. The van der Waals surface area contributed by atoms with Gasteiger partial charge in [0.1, 0.15) is 0 Å². The predicted molar refractivity (Wildman–Crippen MR) is 57.9 cm³/mol. The molecule has 0 aliphatic carbocycles. The first-order valence-electron chi connectivity index (χ1n) is 4.74. The van der Waals surface area contributed by atoms with E-state index < -0.39 is 0 Å². The second kappa shape index (κ2) is 3.51. The Bertz CT molecular complexity index is 274. The van der Waals surface area contributed by atoms with Gasteiger partial charge in [-0.05, 0) is 50.8 Å². The van der Waals surface area contributed by atoms with Crippen molar-refractivity contribution in [3.63, 3.8) is 0 Å². The molecule has 0 radical (unpaired) electrons. The molecule has 1 rings (SSSR count). The van der Waals surface area contributed by atoms with Crippen molar-refractivity contribution in [2.24, 2.45) is 5.73 Å². The van der Waals surface area contributed by atoms with E-state index in [9.17, 15) is 0 Å². The van der Waals surface area contributed by atoms with Crippen LogP contribution in [-0.2, 0) is 6.42 Å². The summed E-state index contributed by atoms with van der Waals surface area (Å²) in [5.74, 6) is 0. The summed E-state index contributed by atoms with van der Waals surface area (Å²) in [5.41, 5.74) is 9.98. The molecule has 0 amide bonds. The van der Waals surface area contributed by atoms with Crippen molar-refractivity contribution in [3.05, 3.63) is 34.9 Å². The standard InChI is InChI=1S/C12H19N/c1-9-6-5-7-10(2)11(9)8-12(3,4)13/h5-7H,8,13H2,1-4H3. The second-order valence-electron chi connectivity index (χ2n) is 4.54. The fourth-order valence-electron chi connectivity index (χ4n) is 1.58. The minimum absolute atomic E-state index is 0.114. The Kier molecular flexibility index (Phi) is 2.77. The molecule has 2 N–H and O–H groups in total. The molecule has 0 bridgehead atoms. The largest absolute Gasteiger partial charge is 0.325 e. The van der Waals surface area contributed by atoms with Crippen LogP contribution < -0.4 is 5.73 Å². The van der Waals surface area contributed by atoms with E-state index in [4.69, 9.17) is 5.73 Å². The monoisotopic (exact) mass is 177 g/mol. The first-order chi connectivity index (χ1) is 5.90. The van der Waals surface area contributed by atoms with E-state index in [2.05, 4.69) is 45.9 Å². The summed E-state index contributed by atoms with van der Waals surface area (Å²) < 4.78 is 0. The number of hydrogen-bond donors (Lipinski definition) is 1. The van der Waals surface area contributed by atoms with Crippen molar-refractivity contribution in [3.8, 4) is 0 Å². The molecule has 1 aromatic rings. The van der Waals surface area contributed by atoms with Crippen molar-refractivity contribution in [1.29, 1.82) is 0 Å². The molecule has 0 saturated heterocycles. The van der Waals surface area contributed by atoms with E-state index in [0.717, 1.165) is 6.42 Å². The van der Waals surface area contributed by atoms with Crippen LogP contribution in [0.1, 0.15) is 30.5 Å². The fraction of sp³-hybridized carbons (Fsp3) is 0.500. The summed E-state index contributed by atoms with van der Waals surface area (Å²) in [6.45, 7) is 8.43. The molecule has 0 aliphatic heterocycles. The molecule has 1 nitrogen and oxygen atoms in total. The summed E-state index contributed by atoms with van der Waals surface area (Å²) in [6.07, 6.45) is 0.950. The Morgan fingerprint density at radius 2 is 1.62 bits per heavy atom. The van der Waals surface area contributed by atoms with Gasteiger partial charge < -0.3 is 5.73 Å². The van der Waals surface area contributed by atoms with Gasteiger partial charge in [0.2, 0.25) is 0 Å². The molecule has 0 atom stereocenters. The van der Waals surface area contributed by atoms with Crippen molar-refractivity contribution < 1.29 is 0 Å². The van der Waals surface area contributed by atoms with E-state index in [-0.39, 0.29) is 5.54 Å². The highest BCUT2D eigenvalue weighted by Crippen LogP contribution is 2.18. The highest BCUT2D eigenvalue weighted by Gasteiger charge is 2.14. The smallest absolute Gasteiger partial charge is 0.0138 e. The van der Waals surface area contributed by atoms with Gasteiger partial charge >= 0.3 is 0 Å². The zero-order chi connectivity index (χ0) is 10.1. The summed E-state index contributed by atoms with van der Waals surface area (Å²) >= 11 is 0. The lowest BCUT2D eigenvalue weighted by atomic mass is 9.90. The maximum absolute atomic E-state index is 6.01. The van der Waals surface area contributed by atoms with Gasteiger partial charge in [0, 0.05) is 5.54 Å². The van der Waals surface area contributed by atoms with Crippen LogP contribution in [0.15, 0.2) is 18.2 Å². The van der Waals surface area contributed by atoms with Crippen molar-refractivity contribution in [1.82, 2.24) is 0 Å². The summed E-state index contributed by atoms with van der Waals surface area (Å²) in [7, 11) is 0. The van der Waals surface area contributed by atoms with Gasteiger partial charge in [-0.3, -0.25) is 0 Å². The first kappa shape index (κ1) is 10.3. The van der Waals surface area contributed by atoms with Gasteiger partial charge in [-0.15, -0.1) is 0 Å². The van der Waals surface area contributed by atoms with Crippen molar-refractivity contribution in [2.75, 3.05) is 0 Å². The molecule has 0 fully saturated rings. The summed E-state index contributed by atoms with van der Waals surface area (Å²) in [5, 5.41) is 0. The number of hydrogen-bond acceptors (Lipinski definition) is 1. The maximum atomic E-state index is 6.01. The van der Waals surface area contributed by atoms with E-state index in [0.29, 0.717) is 0 Å². The lowest BCUT2D eigenvalue weighted by Crippen LogP contribution is -2.34. The molecule has 0 aromatic heterocycles. The minimum atomic E-state index is -0.114. The van der Waals surface area contributed by atoms with Crippen LogP contribution >= 0.6 is 0 Å². The van der Waals surface area contributed by atoms with Gasteiger partial charge in [0.15, 0.2) is 0 Å². The van der Waals surface area contributed by atoms with Crippen molar-refractivity contribution in [2.45, 2.75) is 39.7 Å². The van der Waals surface area contributed by atoms with Crippen LogP contribution in [0, 0.1) is 13.8 Å². The Morgan fingerprint density at radius 3 is 2.00 bits per heavy atom. The molecule has 0 unspecified atom stereocenters.